The van der Waals surface area contributed by atoms with Crippen molar-refractivity contribution in [1.29, 1.82) is 0 Å². The minimum atomic E-state index is 0.00561. The van der Waals surface area contributed by atoms with Gasteiger partial charge in [-0.1, -0.05) is 28.1 Å². The highest BCUT2D eigenvalue weighted by Gasteiger charge is 2.30. The third-order valence-corrected chi connectivity index (χ3v) is 5.36. The Balaban J connectivity index is 2.76. The number of rotatable bonds is 8. The van der Waals surface area contributed by atoms with Crippen molar-refractivity contribution in [1.82, 2.24) is 4.90 Å². The second kappa shape index (κ2) is 8.42. The molecule has 2 N–H and O–H groups in total. The van der Waals surface area contributed by atoms with Crippen molar-refractivity contribution in [2.75, 3.05) is 25.6 Å². The summed E-state index contributed by atoms with van der Waals surface area (Å²) in [6.45, 7) is 5.24. The van der Waals surface area contributed by atoms with Gasteiger partial charge in [-0.05, 0) is 63.4 Å². The first-order valence-electron chi connectivity index (χ1n) is 7.09. The van der Waals surface area contributed by atoms with E-state index in [2.05, 4.69) is 72.2 Å². The van der Waals surface area contributed by atoms with Crippen LogP contribution < -0.4 is 5.73 Å². The molecule has 1 rings (SSSR count). The van der Waals surface area contributed by atoms with Gasteiger partial charge >= 0.3 is 0 Å². The summed E-state index contributed by atoms with van der Waals surface area (Å²) < 4.78 is 1.12. The van der Waals surface area contributed by atoms with Gasteiger partial charge in [0.25, 0.3) is 0 Å². The molecule has 0 saturated carbocycles. The normalized spacial score (nSPS) is 16.1. The number of nitrogens with zero attached hydrogens (tertiary/aromatic N) is 1. The van der Waals surface area contributed by atoms with Gasteiger partial charge in [0.2, 0.25) is 0 Å². The van der Waals surface area contributed by atoms with E-state index in [1.807, 2.05) is 11.8 Å². The lowest BCUT2D eigenvalue weighted by Crippen LogP contribution is -2.54. The first-order valence-corrected chi connectivity index (χ1v) is 9.28. The summed E-state index contributed by atoms with van der Waals surface area (Å²) in [5.41, 5.74) is 7.44. The molecule has 1 aromatic rings. The van der Waals surface area contributed by atoms with Gasteiger partial charge in [-0.25, -0.2) is 0 Å². The van der Waals surface area contributed by atoms with Crippen LogP contribution in [0.5, 0.6) is 0 Å². The quantitative estimate of drug-likeness (QED) is 0.766. The van der Waals surface area contributed by atoms with Gasteiger partial charge < -0.3 is 5.73 Å². The summed E-state index contributed by atoms with van der Waals surface area (Å²) in [6.07, 6.45) is 4.35. The summed E-state index contributed by atoms with van der Waals surface area (Å²) >= 11 is 5.39. The third kappa shape index (κ3) is 5.06. The fourth-order valence-electron chi connectivity index (χ4n) is 2.40. The van der Waals surface area contributed by atoms with Gasteiger partial charge in [-0.3, -0.25) is 4.90 Å². The van der Waals surface area contributed by atoms with Gasteiger partial charge in [0.15, 0.2) is 0 Å². The van der Waals surface area contributed by atoms with Crippen molar-refractivity contribution in [2.24, 2.45) is 5.73 Å². The summed E-state index contributed by atoms with van der Waals surface area (Å²) in [7, 11) is 2.21. The zero-order valence-electron chi connectivity index (χ0n) is 13.0. The monoisotopic (exact) mass is 358 g/mol. The molecule has 0 fully saturated rings. The average Bonchev–Trinajstić information content (AvgIpc) is 2.46. The SMILES string of the molecule is CSCCC(C)N(C)C(C)(CN)Cc1ccc(Br)cc1. The largest absolute Gasteiger partial charge is 0.329 e. The van der Waals surface area contributed by atoms with Crippen LogP contribution >= 0.6 is 27.7 Å². The Morgan fingerprint density at radius 3 is 2.45 bits per heavy atom. The molecule has 0 aromatic heterocycles. The number of nitrogens with two attached hydrogens (primary N) is 1. The van der Waals surface area contributed by atoms with Crippen LogP contribution in [0.1, 0.15) is 25.8 Å². The maximum Gasteiger partial charge on any atom is 0.0343 e. The molecule has 0 bridgehead atoms. The number of benzene rings is 1. The Labute approximate surface area is 136 Å². The van der Waals surface area contributed by atoms with Gasteiger partial charge in [0.05, 0.1) is 0 Å². The maximum absolute atomic E-state index is 6.10. The standard InChI is InChI=1S/C16H27BrN2S/c1-13(9-10-20-4)19(3)16(2,12-18)11-14-5-7-15(17)8-6-14/h5-8,13H,9-12,18H2,1-4H3. The van der Waals surface area contributed by atoms with Crippen molar-refractivity contribution in [3.05, 3.63) is 34.3 Å². The van der Waals surface area contributed by atoms with E-state index in [9.17, 15) is 0 Å². The molecule has 2 nitrogen and oxygen atoms in total. The Bertz CT molecular complexity index is 396. The maximum atomic E-state index is 6.10. The first-order chi connectivity index (χ1) is 9.42. The van der Waals surface area contributed by atoms with Crippen LogP contribution in [-0.4, -0.2) is 42.1 Å². The molecule has 0 aliphatic carbocycles. The summed E-state index contributed by atoms with van der Waals surface area (Å²) in [6, 6.07) is 9.11. The Morgan fingerprint density at radius 1 is 1.35 bits per heavy atom. The highest BCUT2D eigenvalue weighted by molar-refractivity contribution is 9.10. The van der Waals surface area contributed by atoms with E-state index in [1.165, 1.54) is 17.7 Å². The average molecular weight is 359 g/mol. The smallest absolute Gasteiger partial charge is 0.0343 e. The van der Waals surface area contributed by atoms with E-state index in [1.54, 1.807) is 0 Å². The zero-order valence-corrected chi connectivity index (χ0v) is 15.4. The lowest BCUT2D eigenvalue weighted by molar-refractivity contribution is 0.0985. The van der Waals surface area contributed by atoms with E-state index < -0.39 is 0 Å². The fourth-order valence-corrected chi connectivity index (χ4v) is 3.24. The number of hydrogen-bond donors (Lipinski definition) is 1. The number of hydrogen-bond acceptors (Lipinski definition) is 3. The molecule has 114 valence electrons. The van der Waals surface area contributed by atoms with Crippen molar-refractivity contribution < 1.29 is 0 Å². The molecule has 0 aliphatic rings. The molecule has 2 unspecified atom stereocenters. The first kappa shape index (κ1) is 18.0. The van der Waals surface area contributed by atoms with Crippen LogP contribution in [0.15, 0.2) is 28.7 Å². The van der Waals surface area contributed by atoms with Crippen LogP contribution in [0.3, 0.4) is 0 Å². The van der Waals surface area contributed by atoms with Crippen molar-refractivity contribution in [3.8, 4) is 0 Å². The second-order valence-corrected chi connectivity index (χ2v) is 7.65. The van der Waals surface area contributed by atoms with Gasteiger partial charge in [-0.2, -0.15) is 11.8 Å². The molecule has 0 heterocycles. The predicted octanol–water partition coefficient (Wildman–Crippen LogP) is 3.78. The molecular weight excluding hydrogens is 332 g/mol. The number of thioether (sulfide) groups is 1. The van der Waals surface area contributed by atoms with Crippen molar-refractivity contribution in [3.63, 3.8) is 0 Å². The Hall–Kier alpha value is -0.0300. The number of halogens is 1. The van der Waals surface area contributed by atoms with Crippen LogP contribution in [0.4, 0.5) is 0 Å². The van der Waals surface area contributed by atoms with Gasteiger partial charge in [0.1, 0.15) is 0 Å². The molecular formula is C16H27BrN2S. The third-order valence-electron chi connectivity index (χ3n) is 4.19. The highest BCUT2D eigenvalue weighted by atomic mass is 79.9. The molecule has 2 atom stereocenters. The van der Waals surface area contributed by atoms with Gasteiger partial charge in [-0.15, -0.1) is 0 Å². The summed E-state index contributed by atoms with van der Waals surface area (Å²) in [4.78, 5) is 2.45. The highest BCUT2D eigenvalue weighted by Crippen LogP contribution is 2.23. The summed E-state index contributed by atoms with van der Waals surface area (Å²) in [5.74, 6) is 1.20. The predicted molar refractivity (Wildman–Crippen MR) is 95.5 cm³/mol. The van der Waals surface area contributed by atoms with E-state index in [-0.39, 0.29) is 5.54 Å². The van der Waals surface area contributed by atoms with E-state index in [0.717, 1.165) is 10.9 Å². The second-order valence-electron chi connectivity index (χ2n) is 5.75. The topological polar surface area (TPSA) is 29.3 Å². The van der Waals surface area contributed by atoms with Gasteiger partial charge in [0, 0.05) is 22.6 Å². The van der Waals surface area contributed by atoms with E-state index in [4.69, 9.17) is 5.73 Å². The molecule has 20 heavy (non-hydrogen) atoms. The van der Waals surface area contributed by atoms with Crippen LogP contribution in [0.2, 0.25) is 0 Å². The molecule has 1 aromatic carbocycles. The molecule has 4 heteroatoms. The molecule has 0 amide bonds. The zero-order chi connectivity index (χ0) is 15.2. The molecule has 0 spiro atoms. The van der Waals surface area contributed by atoms with Crippen LogP contribution in [-0.2, 0) is 6.42 Å². The molecule has 0 saturated heterocycles. The van der Waals surface area contributed by atoms with E-state index in [0.29, 0.717) is 12.6 Å². The van der Waals surface area contributed by atoms with E-state index >= 15 is 0 Å². The van der Waals surface area contributed by atoms with Crippen molar-refractivity contribution >= 4 is 27.7 Å². The Kier molecular flexibility index (Phi) is 7.59. The fraction of sp³-hybridized carbons (Fsp3) is 0.625. The lowest BCUT2D eigenvalue weighted by atomic mass is 9.90. The lowest BCUT2D eigenvalue weighted by Gasteiger charge is -2.42. The summed E-state index contributed by atoms with van der Waals surface area (Å²) in [5, 5.41) is 0. The molecule has 0 aliphatic heterocycles. The Morgan fingerprint density at radius 2 is 1.95 bits per heavy atom. The van der Waals surface area contributed by atoms with Crippen molar-refractivity contribution in [2.45, 2.75) is 38.3 Å². The minimum Gasteiger partial charge on any atom is -0.329 e. The minimum absolute atomic E-state index is 0.00561. The van der Waals surface area contributed by atoms with Crippen LogP contribution in [0.25, 0.3) is 0 Å². The number of likely N-dealkylation sites (N-methyl/N-ethyl adjacent to an activating group) is 1. The van der Waals surface area contributed by atoms with Crippen LogP contribution in [0, 0.1) is 0 Å². The molecule has 0 radical (unpaired) electrons.